The minimum absolute atomic E-state index is 0. The van der Waals surface area contributed by atoms with Gasteiger partial charge < -0.3 is 25.0 Å². The van der Waals surface area contributed by atoms with E-state index >= 15 is 0 Å². The summed E-state index contributed by atoms with van der Waals surface area (Å²) < 4.78 is 11.2. The molecule has 2 aromatic rings. The highest BCUT2D eigenvalue weighted by molar-refractivity contribution is 14.0. The number of guanidine groups is 1. The summed E-state index contributed by atoms with van der Waals surface area (Å²) in [6.07, 6.45) is 3.58. The molecule has 31 heavy (non-hydrogen) atoms. The van der Waals surface area contributed by atoms with Crippen molar-refractivity contribution in [1.82, 2.24) is 15.6 Å². The molecule has 0 atom stereocenters. The number of aromatic nitrogens is 1. The lowest BCUT2D eigenvalue weighted by Crippen LogP contribution is -2.39. The van der Waals surface area contributed by atoms with Gasteiger partial charge in [-0.3, -0.25) is 0 Å². The van der Waals surface area contributed by atoms with Crippen molar-refractivity contribution >= 4 is 35.8 Å². The molecule has 0 unspecified atom stereocenters. The predicted molar refractivity (Wildman–Crippen MR) is 136 cm³/mol. The molecule has 1 aliphatic heterocycles. The van der Waals surface area contributed by atoms with E-state index in [1.165, 1.54) is 0 Å². The van der Waals surface area contributed by atoms with Crippen LogP contribution in [0.25, 0.3) is 0 Å². The number of aliphatic imine (C=N–C) groups is 1. The molecule has 1 fully saturated rings. The zero-order valence-electron chi connectivity index (χ0n) is 18.0. The van der Waals surface area contributed by atoms with E-state index in [1.54, 1.807) is 6.08 Å². The number of hydrogen-bond acceptors (Lipinski definition) is 5. The minimum atomic E-state index is 0. The fourth-order valence-electron chi connectivity index (χ4n) is 3.24. The zero-order valence-corrected chi connectivity index (χ0v) is 20.4. The van der Waals surface area contributed by atoms with Crippen molar-refractivity contribution in [2.45, 2.75) is 20.0 Å². The number of pyridine rings is 1. The largest absolute Gasteiger partial charge is 0.489 e. The van der Waals surface area contributed by atoms with E-state index in [1.807, 2.05) is 36.5 Å². The van der Waals surface area contributed by atoms with Gasteiger partial charge in [0.15, 0.2) is 5.96 Å². The number of ether oxygens (including phenoxy) is 2. The first-order valence-corrected chi connectivity index (χ1v) is 10.4. The summed E-state index contributed by atoms with van der Waals surface area (Å²) >= 11 is 0. The standard InChI is InChI=1S/C23H31N5O2.HI/c1-3-14-30-21-10-6-5-8-19(21)17-26-23(24-4-2)27-18-20-9-7-11-25-22(20)28-12-15-29-16-13-28;/h3,5-11H,1,4,12-18H2,2H3,(H2,24,26,27);1H. The first-order chi connectivity index (χ1) is 14.8. The number of anilines is 1. The molecule has 3 rings (SSSR count). The molecular formula is C23H32IN5O2. The van der Waals surface area contributed by atoms with Crippen LogP contribution in [-0.2, 0) is 17.8 Å². The van der Waals surface area contributed by atoms with E-state index in [0.717, 1.165) is 61.5 Å². The van der Waals surface area contributed by atoms with Crippen LogP contribution in [0.4, 0.5) is 5.82 Å². The van der Waals surface area contributed by atoms with Crippen molar-refractivity contribution in [3.05, 3.63) is 66.4 Å². The van der Waals surface area contributed by atoms with E-state index in [9.17, 15) is 0 Å². The van der Waals surface area contributed by atoms with Gasteiger partial charge in [0.2, 0.25) is 0 Å². The molecule has 2 heterocycles. The third-order valence-electron chi connectivity index (χ3n) is 4.71. The van der Waals surface area contributed by atoms with Gasteiger partial charge in [0.25, 0.3) is 0 Å². The Balaban J connectivity index is 0.00000341. The van der Waals surface area contributed by atoms with Crippen molar-refractivity contribution in [3.63, 3.8) is 0 Å². The summed E-state index contributed by atoms with van der Waals surface area (Å²) in [5.74, 6) is 2.60. The lowest BCUT2D eigenvalue weighted by Gasteiger charge is -2.29. The van der Waals surface area contributed by atoms with E-state index in [2.05, 4.69) is 40.1 Å². The van der Waals surface area contributed by atoms with Crippen LogP contribution in [0.15, 0.2) is 60.2 Å². The highest BCUT2D eigenvalue weighted by Gasteiger charge is 2.16. The molecular weight excluding hydrogens is 505 g/mol. The first kappa shape index (κ1) is 24.9. The average molecular weight is 537 g/mol. The molecule has 168 valence electrons. The number of para-hydroxylation sites is 1. The van der Waals surface area contributed by atoms with Gasteiger partial charge in [-0.15, -0.1) is 24.0 Å². The van der Waals surface area contributed by atoms with Gasteiger partial charge in [-0.25, -0.2) is 9.98 Å². The summed E-state index contributed by atoms with van der Waals surface area (Å²) in [5.41, 5.74) is 2.17. The lowest BCUT2D eigenvalue weighted by atomic mass is 10.2. The number of halogens is 1. The Hall–Kier alpha value is -2.33. The van der Waals surface area contributed by atoms with Crippen LogP contribution in [0.3, 0.4) is 0 Å². The molecule has 0 saturated carbocycles. The van der Waals surface area contributed by atoms with Gasteiger partial charge in [0.05, 0.1) is 19.8 Å². The molecule has 2 N–H and O–H groups in total. The van der Waals surface area contributed by atoms with Crippen molar-refractivity contribution in [2.75, 3.05) is 44.4 Å². The molecule has 0 bridgehead atoms. The second-order valence-electron chi connectivity index (χ2n) is 6.84. The van der Waals surface area contributed by atoms with Gasteiger partial charge >= 0.3 is 0 Å². The Bertz CT molecular complexity index is 840. The normalized spacial score (nSPS) is 13.8. The molecule has 0 radical (unpaired) electrons. The van der Waals surface area contributed by atoms with Gasteiger partial charge in [-0.2, -0.15) is 0 Å². The zero-order chi connectivity index (χ0) is 21.0. The predicted octanol–water partition coefficient (Wildman–Crippen LogP) is 3.36. The smallest absolute Gasteiger partial charge is 0.191 e. The molecule has 1 saturated heterocycles. The van der Waals surface area contributed by atoms with Crippen LogP contribution in [0.1, 0.15) is 18.1 Å². The molecule has 7 nitrogen and oxygen atoms in total. The summed E-state index contributed by atoms with van der Waals surface area (Å²) in [6.45, 7) is 11.4. The summed E-state index contributed by atoms with van der Waals surface area (Å²) in [6, 6.07) is 12.0. The first-order valence-electron chi connectivity index (χ1n) is 10.4. The topological polar surface area (TPSA) is 71.0 Å². The van der Waals surface area contributed by atoms with Crippen LogP contribution < -0.4 is 20.3 Å². The van der Waals surface area contributed by atoms with Gasteiger partial charge in [0.1, 0.15) is 18.2 Å². The monoisotopic (exact) mass is 537 g/mol. The molecule has 1 aromatic heterocycles. The summed E-state index contributed by atoms with van der Waals surface area (Å²) in [4.78, 5) is 11.6. The van der Waals surface area contributed by atoms with E-state index in [0.29, 0.717) is 19.7 Å². The van der Waals surface area contributed by atoms with E-state index in [4.69, 9.17) is 14.5 Å². The minimum Gasteiger partial charge on any atom is -0.489 e. The average Bonchev–Trinajstić information content (AvgIpc) is 2.81. The Morgan fingerprint density at radius 1 is 1.19 bits per heavy atom. The van der Waals surface area contributed by atoms with Crippen LogP contribution in [0.5, 0.6) is 5.75 Å². The third kappa shape index (κ3) is 7.70. The van der Waals surface area contributed by atoms with Crippen molar-refractivity contribution in [1.29, 1.82) is 0 Å². The van der Waals surface area contributed by atoms with E-state index < -0.39 is 0 Å². The number of benzene rings is 1. The maximum Gasteiger partial charge on any atom is 0.191 e. The lowest BCUT2D eigenvalue weighted by molar-refractivity contribution is 0.122. The molecule has 8 heteroatoms. The number of hydrogen-bond donors (Lipinski definition) is 2. The van der Waals surface area contributed by atoms with Gasteiger partial charge in [0, 0.05) is 43.5 Å². The number of nitrogens with zero attached hydrogens (tertiary/aromatic N) is 3. The maximum atomic E-state index is 5.74. The Kier molecular flexibility index (Phi) is 11.2. The third-order valence-corrected chi connectivity index (χ3v) is 4.71. The highest BCUT2D eigenvalue weighted by Crippen LogP contribution is 2.20. The maximum absolute atomic E-state index is 5.74. The molecule has 1 aromatic carbocycles. The van der Waals surface area contributed by atoms with Crippen LogP contribution in [0.2, 0.25) is 0 Å². The molecule has 0 spiro atoms. The van der Waals surface area contributed by atoms with Crippen molar-refractivity contribution in [2.24, 2.45) is 4.99 Å². The van der Waals surface area contributed by atoms with E-state index in [-0.39, 0.29) is 24.0 Å². The van der Waals surface area contributed by atoms with Gasteiger partial charge in [-0.1, -0.05) is 36.9 Å². The second-order valence-corrected chi connectivity index (χ2v) is 6.84. The Morgan fingerprint density at radius 2 is 1.97 bits per heavy atom. The van der Waals surface area contributed by atoms with Crippen molar-refractivity contribution in [3.8, 4) is 5.75 Å². The number of rotatable bonds is 9. The second kappa shape index (κ2) is 13.9. The van der Waals surface area contributed by atoms with Crippen LogP contribution in [-0.4, -0.2) is 50.4 Å². The molecule has 0 aliphatic carbocycles. The number of nitrogens with one attached hydrogen (secondary N) is 2. The fourth-order valence-corrected chi connectivity index (χ4v) is 3.24. The quantitative estimate of drug-likeness (QED) is 0.221. The van der Waals surface area contributed by atoms with Gasteiger partial charge in [-0.05, 0) is 19.1 Å². The Morgan fingerprint density at radius 3 is 2.74 bits per heavy atom. The SMILES string of the molecule is C=CCOc1ccccc1CN=C(NCC)NCc1cccnc1N1CCOCC1.I. The fraction of sp³-hybridized carbons (Fsp3) is 0.391. The summed E-state index contributed by atoms with van der Waals surface area (Å²) in [7, 11) is 0. The summed E-state index contributed by atoms with van der Waals surface area (Å²) in [5, 5.41) is 6.75. The number of morpholine rings is 1. The highest BCUT2D eigenvalue weighted by atomic mass is 127. The van der Waals surface area contributed by atoms with Crippen LogP contribution >= 0.6 is 24.0 Å². The Labute approximate surface area is 202 Å². The molecule has 1 aliphatic rings. The van der Waals surface area contributed by atoms with Crippen molar-refractivity contribution < 1.29 is 9.47 Å². The van der Waals surface area contributed by atoms with Crippen LogP contribution in [0, 0.1) is 0 Å². The molecule has 0 amide bonds.